The van der Waals surface area contributed by atoms with E-state index in [2.05, 4.69) is 67.4 Å². The Balaban J connectivity index is 1.67. The van der Waals surface area contributed by atoms with E-state index >= 15 is 0 Å². The first-order valence-corrected chi connectivity index (χ1v) is 11.0. The molecule has 0 aromatic heterocycles. The number of hydrogen-bond acceptors (Lipinski definition) is 3. The predicted octanol–water partition coefficient (Wildman–Crippen LogP) is 6.08. The number of benzene rings is 3. The first-order chi connectivity index (χ1) is 15.3. The summed E-state index contributed by atoms with van der Waals surface area (Å²) in [6.07, 6.45) is 2.64. The van der Waals surface area contributed by atoms with Crippen molar-refractivity contribution in [2.75, 3.05) is 6.61 Å². The van der Waals surface area contributed by atoms with Gasteiger partial charge in [0.25, 0.3) is 0 Å². The van der Waals surface area contributed by atoms with Crippen LogP contribution in [-0.2, 0) is 22.7 Å². The summed E-state index contributed by atoms with van der Waals surface area (Å²) in [6, 6.07) is 31.3. The molecule has 0 saturated carbocycles. The summed E-state index contributed by atoms with van der Waals surface area (Å²) in [5, 5.41) is 3.74. The third-order valence-electron chi connectivity index (χ3n) is 5.33. The van der Waals surface area contributed by atoms with Crippen LogP contribution in [-0.4, -0.2) is 18.8 Å². The van der Waals surface area contributed by atoms with Gasteiger partial charge in [0.15, 0.2) is 0 Å². The van der Waals surface area contributed by atoms with Gasteiger partial charge in [0, 0.05) is 12.1 Å². The largest absolute Gasteiger partial charge is 0.374 e. The normalized spacial score (nSPS) is 14.0. The van der Waals surface area contributed by atoms with Crippen LogP contribution < -0.4 is 5.32 Å². The van der Waals surface area contributed by atoms with Crippen molar-refractivity contribution in [3.8, 4) is 0 Å². The molecule has 0 radical (unpaired) electrons. The highest BCUT2D eigenvalue weighted by atomic mass is 16.5. The van der Waals surface area contributed by atoms with Crippen LogP contribution in [0.15, 0.2) is 104 Å². The third kappa shape index (κ3) is 7.80. The van der Waals surface area contributed by atoms with Gasteiger partial charge in [0.1, 0.15) is 0 Å². The van der Waals surface area contributed by atoms with Gasteiger partial charge in [-0.05, 0) is 30.0 Å². The summed E-state index contributed by atoms with van der Waals surface area (Å²) in [7, 11) is 0. The molecular formula is C28H33NO2. The lowest BCUT2D eigenvalue weighted by Gasteiger charge is -2.30. The minimum absolute atomic E-state index is 0.0900. The molecule has 0 aliphatic carbocycles. The zero-order valence-corrected chi connectivity index (χ0v) is 18.3. The van der Waals surface area contributed by atoms with E-state index in [4.69, 9.17) is 9.47 Å². The summed E-state index contributed by atoms with van der Waals surface area (Å²) in [6.45, 7) is 7.79. The van der Waals surface area contributed by atoms with E-state index in [0.717, 1.165) is 17.5 Å². The topological polar surface area (TPSA) is 30.5 Å². The van der Waals surface area contributed by atoms with Crippen LogP contribution in [0.3, 0.4) is 0 Å². The maximum absolute atomic E-state index is 6.38. The van der Waals surface area contributed by atoms with Gasteiger partial charge in [0.05, 0.1) is 25.9 Å². The molecule has 3 aromatic rings. The van der Waals surface area contributed by atoms with E-state index in [1.807, 2.05) is 48.5 Å². The van der Waals surface area contributed by atoms with Crippen LogP contribution in [0.4, 0.5) is 0 Å². The fraction of sp³-hybridized carbons (Fsp3) is 0.286. The van der Waals surface area contributed by atoms with Gasteiger partial charge in [-0.2, -0.15) is 0 Å². The SMILES string of the molecule is C=CC[C@H](N[C@H](C)c1ccccc1)[C@@H](COCc1ccccc1)OCc1ccccc1. The highest BCUT2D eigenvalue weighted by Gasteiger charge is 2.24. The van der Waals surface area contributed by atoms with Crippen LogP contribution in [0.1, 0.15) is 36.1 Å². The molecule has 0 bridgehead atoms. The Hall–Kier alpha value is -2.72. The van der Waals surface area contributed by atoms with Crippen LogP contribution in [0.5, 0.6) is 0 Å². The van der Waals surface area contributed by atoms with E-state index in [0.29, 0.717) is 19.8 Å². The molecule has 3 atom stereocenters. The molecular weight excluding hydrogens is 382 g/mol. The highest BCUT2D eigenvalue weighted by molar-refractivity contribution is 5.18. The van der Waals surface area contributed by atoms with Crippen LogP contribution >= 0.6 is 0 Å². The van der Waals surface area contributed by atoms with Crippen LogP contribution in [0, 0.1) is 0 Å². The predicted molar refractivity (Wildman–Crippen MR) is 128 cm³/mol. The second kappa shape index (κ2) is 12.9. The fourth-order valence-electron chi connectivity index (χ4n) is 3.59. The number of nitrogens with one attached hydrogen (secondary N) is 1. The Labute approximate surface area is 186 Å². The van der Waals surface area contributed by atoms with E-state index < -0.39 is 0 Å². The lowest BCUT2D eigenvalue weighted by molar-refractivity contribution is -0.0485. The van der Waals surface area contributed by atoms with E-state index in [9.17, 15) is 0 Å². The molecule has 0 aliphatic heterocycles. The first-order valence-electron chi connectivity index (χ1n) is 11.0. The number of ether oxygens (including phenoxy) is 2. The minimum atomic E-state index is -0.104. The second-order valence-electron chi connectivity index (χ2n) is 7.77. The summed E-state index contributed by atoms with van der Waals surface area (Å²) < 4.78 is 12.5. The van der Waals surface area contributed by atoms with Gasteiger partial charge in [-0.15, -0.1) is 6.58 Å². The molecule has 3 nitrogen and oxygen atoms in total. The quantitative estimate of drug-likeness (QED) is 0.343. The Morgan fingerprint density at radius 3 is 1.94 bits per heavy atom. The fourth-order valence-corrected chi connectivity index (χ4v) is 3.59. The van der Waals surface area contributed by atoms with Crippen molar-refractivity contribution in [2.45, 2.75) is 44.7 Å². The van der Waals surface area contributed by atoms with Crippen molar-refractivity contribution < 1.29 is 9.47 Å². The van der Waals surface area contributed by atoms with Gasteiger partial charge in [-0.25, -0.2) is 0 Å². The standard InChI is InChI=1S/C28H33NO2/c1-3-13-27(29-23(2)26-18-11-6-12-19-26)28(31-21-25-16-9-5-10-17-25)22-30-20-24-14-7-4-8-15-24/h3-12,14-19,23,27-29H,1,13,20-22H2,2H3/t23-,27+,28-/m1/s1. The summed E-state index contributed by atoms with van der Waals surface area (Å²) >= 11 is 0. The Morgan fingerprint density at radius 2 is 1.35 bits per heavy atom. The number of hydrogen-bond donors (Lipinski definition) is 1. The molecule has 0 fully saturated rings. The maximum Gasteiger partial charge on any atom is 0.0968 e. The Morgan fingerprint density at radius 1 is 0.806 bits per heavy atom. The van der Waals surface area contributed by atoms with Gasteiger partial charge < -0.3 is 14.8 Å². The van der Waals surface area contributed by atoms with E-state index in [-0.39, 0.29) is 18.2 Å². The summed E-state index contributed by atoms with van der Waals surface area (Å²) in [5.41, 5.74) is 3.57. The molecule has 3 heteroatoms. The van der Waals surface area contributed by atoms with Gasteiger partial charge in [0.2, 0.25) is 0 Å². The van der Waals surface area contributed by atoms with Crippen molar-refractivity contribution in [1.29, 1.82) is 0 Å². The highest BCUT2D eigenvalue weighted by Crippen LogP contribution is 2.17. The van der Waals surface area contributed by atoms with Gasteiger partial charge in [-0.1, -0.05) is 97.1 Å². The first kappa shape index (κ1) is 23.0. The molecule has 31 heavy (non-hydrogen) atoms. The lowest BCUT2D eigenvalue weighted by Crippen LogP contribution is -2.44. The summed E-state index contributed by atoms with van der Waals surface area (Å²) in [5.74, 6) is 0. The molecule has 3 rings (SSSR count). The molecule has 0 saturated heterocycles. The van der Waals surface area contributed by atoms with E-state index in [1.54, 1.807) is 0 Å². The second-order valence-corrected chi connectivity index (χ2v) is 7.77. The smallest absolute Gasteiger partial charge is 0.0968 e. The Kier molecular flexibility index (Phi) is 9.52. The van der Waals surface area contributed by atoms with Crippen LogP contribution in [0.25, 0.3) is 0 Å². The third-order valence-corrected chi connectivity index (χ3v) is 5.33. The van der Waals surface area contributed by atoms with Gasteiger partial charge >= 0.3 is 0 Å². The maximum atomic E-state index is 6.38. The molecule has 162 valence electrons. The minimum Gasteiger partial charge on any atom is -0.374 e. The molecule has 3 aromatic carbocycles. The van der Waals surface area contributed by atoms with E-state index in [1.165, 1.54) is 5.56 Å². The monoisotopic (exact) mass is 415 g/mol. The zero-order chi connectivity index (χ0) is 21.7. The van der Waals surface area contributed by atoms with Crippen molar-refractivity contribution >= 4 is 0 Å². The van der Waals surface area contributed by atoms with Crippen molar-refractivity contribution in [3.63, 3.8) is 0 Å². The molecule has 0 spiro atoms. The van der Waals surface area contributed by atoms with Crippen molar-refractivity contribution in [2.24, 2.45) is 0 Å². The average molecular weight is 416 g/mol. The zero-order valence-electron chi connectivity index (χ0n) is 18.3. The van der Waals surface area contributed by atoms with Crippen molar-refractivity contribution in [3.05, 3.63) is 120 Å². The summed E-state index contributed by atoms with van der Waals surface area (Å²) in [4.78, 5) is 0. The molecule has 0 unspecified atom stereocenters. The lowest BCUT2D eigenvalue weighted by atomic mass is 10.0. The average Bonchev–Trinajstić information content (AvgIpc) is 2.83. The van der Waals surface area contributed by atoms with Crippen molar-refractivity contribution in [1.82, 2.24) is 5.32 Å². The molecule has 1 N–H and O–H groups in total. The van der Waals surface area contributed by atoms with Crippen LogP contribution in [0.2, 0.25) is 0 Å². The van der Waals surface area contributed by atoms with Gasteiger partial charge in [-0.3, -0.25) is 0 Å². The molecule has 0 amide bonds. The number of rotatable bonds is 13. The Bertz CT molecular complexity index is 867. The molecule has 0 aliphatic rings. The molecule has 0 heterocycles.